The second kappa shape index (κ2) is 7.88. The minimum atomic E-state index is -0.816. The quantitative estimate of drug-likeness (QED) is 0.646. The van der Waals surface area contributed by atoms with Crippen LogP contribution in [0.2, 0.25) is 0 Å². The topological polar surface area (TPSA) is 117 Å². The van der Waals surface area contributed by atoms with Crippen molar-refractivity contribution in [2.24, 2.45) is 5.10 Å². The van der Waals surface area contributed by atoms with E-state index in [9.17, 15) is 19.5 Å². The van der Waals surface area contributed by atoms with Crippen molar-refractivity contribution in [1.29, 1.82) is 0 Å². The first-order valence-corrected chi connectivity index (χ1v) is 10.3. The van der Waals surface area contributed by atoms with Crippen molar-refractivity contribution in [1.82, 2.24) is 14.6 Å². The Kier molecular flexibility index (Phi) is 5.24. The highest BCUT2D eigenvalue weighted by molar-refractivity contribution is 7.12. The number of nitrogens with zero attached hydrogens (tertiary/aromatic N) is 3. The predicted molar refractivity (Wildman–Crippen MR) is 116 cm³/mol. The van der Waals surface area contributed by atoms with Gasteiger partial charge in [-0.25, -0.2) is 14.4 Å². The smallest absolute Gasteiger partial charge is 0.335 e. The lowest BCUT2D eigenvalue weighted by molar-refractivity contribution is -0.130. The lowest BCUT2D eigenvalue weighted by Crippen LogP contribution is -2.33. The molecule has 0 saturated carbocycles. The second-order valence-corrected chi connectivity index (χ2v) is 8.36. The highest BCUT2D eigenvalue weighted by Crippen LogP contribution is 2.37. The minimum absolute atomic E-state index is 0.160. The molecule has 3 aromatic rings. The largest absolute Gasteiger partial charge is 0.495 e. The third-order valence-electron chi connectivity index (χ3n) is 5.02. The summed E-state index contributed by atoms with van der Waals surface area (Å²) >= 11 is 1.53. The summed E-state index contributed by atoms with van der Waals surface area (Å²) in [5, 5.41) is 16.6. The summed E-state index contributed by atoms with van der Waals surface area (Å²) in [6.07, 6.45) is 0.223. The lowest BCUT2D eigenvalue weighted by atomic mass is 10.0. The summed E-state index contributed by atoms with van der Waals surface area (Å²) in [6.45, 7) is 3.35. The SMILES string of the molecule is COc1ccccc1-n1c(O)c(C2=NN(C(C)=O)C(c3ccc(C)s3)C2)c(=O)[nH]c1=O. The van der Waals surface area contributed by atoms with Gasteiger partial charge in [0.2, 0.25) is 11.8 Å². The molecule has 2 N–H and O–H groups in total. The molecule has 0 aliphatic carbocycles. The van der Waals surface area contributed by atoms with Crippen molar-refractivity contribution >= 4 is 23.0 Å². The van der Waals surface area contributed by atoms with E-state index in [4.69, 9.17) is 4.74 Å². The number of carbonyl (C=O) groups is 1. The van der Waals surface area contributed by atoms with Crippen LogP contribution in [0.25, 0.3) is 5.69 Å². The molecular formula is C21H20N4O5S. The van der Waals surface area contributed by atoms with E-state index in [-0.39, 0.29) is 29.3 Å². The molecule has 31 heavy (non-hydrogen) atoms. The highest BCUT2D eigenvalue weighted by atomic mass is 32.1. The van der Waals surface area contributed by atoms with Crippen molar-refractivity contribution in [3.63, 3.8) is 0 Å². The number of carbonyl (C=O) groups excluding carboxylic acids is 1. The molecule has 1 unspecified atom stereocenters. The molecule has 10 heteroatoms. The fraction of sp³-hybridized carbons (Fsp3) is 0.238. The normalized spacial score (nSPS) is 15.8. The number of hydrogen-bond donors (Lipinski definition) is 2. The van der Waals surface area contributed by atoms with E-state index in [1.54, 1.807) is 24.3 Å². The van der Waals surface area contributed by atoms with Crippen LogP contribution in [0.4, 0.5) is 0 Å². The van der Waals surface area contributed by atoms with Gasteiger partial charge < -0.3 is 9.84 Å². The molecule has 4 rings (SSSR count). The van der Waals surface area contributed by atoms with E-state index in [1.165, 1.54) is 30.4 Å². The number of H-pyrrole nitrogens is 1. The van der Waals surface area contributed by atoms with Crippen LogP contribution >= 0.6 is 11.3 Å². The number of aryl methyl sites for hydroxylation is 1. The second-order valence-electron chi connectivity index (χ2n) is 7.04. The van der Waals surface area contributed by atoms with E-state index >= 15 is 0 Å². The molecule has 160 valence electrons. The Balaban J connectivity index is 1.87. The molecule has 1 aliphatic heterocycles. The van der Waals surface area contributed by atoms with Gasteiger partial charge >= 0.3 is 5.69 Å². The number of thiophene rings is 1. The lowest BCUT2D eigenvalue weighted by Gasteiger charge is -2.18. The Morgan fingerprint density at radius 1 is 1.26 bits per heavy atom. The van der Waals surface area contributed by atoms with Crippen molar-refractivity contribution in [3.05, 3.63) is 72.6 Å². The van der Waals surface area contributed by atoms with Crippen molar-refractivity contribution in [3.8, 4) is 17.3 Å². The third kappa shape index (κ3) is 3.55. The number of nitrogens with one attached hydrogen (secondary N) is 1. The summed E-state index contributed by atoms with van der Waals surface area (Å²) in [4.78, 5) is 41.7. The first-order chi connectivity index (χ1) is 14.8. The number of para-hydroxylation sites is 2. The fourth-order valence-corrected chi connectivity index (χ4v) is 4.59. The molecule has 9 nitrogen and oxygen atoms in total. The molecule has 2 aromatic heterocycles. The monoisotopic (exact) mass is 440 g/mol. The first kappa shape index (κ1) is 20.6. The number of amides is 1. The van der Waals surface area contributed by atoms with Gasteiger partial charge in [-0.2, -0.15) is 5.10 Å². The molecule has 0 bridgehead atoms. The van der Waals surface area contributed by atoms with Crippen molar-refractivity contribution in [2.45, 2.75) is 26.3 Å². The Hall–Kier alpha value is -3.66. The molecule has 0 saturated heterocycles. The maximum atomic E-state index is 12.7. The van der Waals surface area contributed by atoms with Gasteiger partial charge in [-0.15, -0.1) is 11.3 Å². The molecule has 1 aliphatic rings. The van der Waals surface area contributed by atoms with Crippen LogP contribution in [0.15, 0.2) is 51.1 Å². The molecule has 0 radical (unpaired) electrons. The van der Waals surface area contributed by atoms with Crippen LogP contribution in [0, 0.1) is 6.92 Å². The molecule has 3 heterocycles. The van der Waals surface area contributed by atoms with Gasteiger partial charge in [-0.05, 0) is 31.2 Å². The van der Waals surface area contributed by atoms with Crippen LogP contribution in [-0.4, -0.2) is 38.4 Å². The van der Waals surface area contributed by atoms with Gasteiger partial charge in [0.25, 0.3) is 5.56 Å². The van der Waals surface area contributed by atoms with Crippen molar-refractivity contribution in [2.75, 3.05) is 7.11 Å². The Morgan fingerprint density at radius 2 is 2.00 bits per heavy atom. The number of aromatic nitrogens is 2. The zero-order chi connectivity index (χ0) is 22.3. The van der Waals surface area contributed by atoms with Gasteiger partial charge in [0, 0.05) is 23.1 Å². The Bertz CT molecular complexity index is 1320. The van der Waals surface area contributed by atoms with Gasteiger partial charge in [0.05, 0.1) is 24.6 Å². The predicted octanol–water partition coefficient (Wildman–Crippen LogP) is 2.31. The summed E-state index contributed by atoms with van der Waals surface area (Å²) in [5.74, 6) is -0.521. The van der Waals surface area contributed by atoms with Gasteiger partial charge in [-0.1, -0.05) is 12.1 Å². The van der Waals surface area contributed by atoms with Gasteiger partial charge in [-0.3, -0.25) is 14.6 Å². The first-order valence-electron chi connectivity index (χ1n) is 9.47. The van der Waals surface area contributed by atoms with E-state index in [2.05, 4.69) is 10.1 Å². The van der Waals surface area contributed by atoms with E-state index in [0.29, 0.717) is 5.75 Å². The number of hydrogen-bond acceptors (Lipinski definition) is 7. The van der Waals surface area contributed by atoms with E-state index < -0.39 is 23.2 Å². The van der Waals surface area contributed by atoms with Gasteiger partial charge in [0.1, 0.15) is 11.3 Å². The number of benzene rings is 1. The number of hydrazone groups is 1. The average molecular weight is 440 g/mol. The summed E-state index contributed by atoms with van der Waals surface area (Å²) in [6, 6.07) is 10.1. The molecule has 1 atom stereocenters. The van der Waals surface area contributed by atoms with Crippen LogP contribution in [0.5, 0.6) is 11.6 Å². The standard InChI is InChI=1S/C21H20N4O5S/c1-11-8-9-17(31-11)15-10-13(23-25(15)12(2)26)18-19(27)22-21(29)24(20(18)28)14-6-4-5-7-16(14)30-3/h4-9,15,28H,10H2,1-3H3,(H,22,27,29). The summed E-state index contributed by atoms with van der Waals surface area (Å²) < 4.78 is 6.24. The maximum absolute atomic E-state index is 12.7. The molecule has 0 fully saturated rings. The van der Waals surface area contributed by atoms with Crippen LogP contribution in [0.3, 0.4) is 0 Å². The minimum Gasteiger partial charge on any atom is -0.495 e. The fourth-order valence-electron chi connectivity index (χ4n) is 3.63. The summed E-state index contributed by atoms with van der Waals surface area (Å²) in [5.41, 5.74) is -1.28. The highest BCUT2D eigenvalue weighted by Gasteiger charge is 2.35. The van der Waals surface area contributed by atoms with Crippen LogP contribution in [-0.2, 0) is 4.79 Å². The Labute approximate surface area is 180 Å². The van der Waals surface area contributed by atoms with Crippen LogP contribution < -0.4 is 16.0 Å². The zero-order valence-electron chi connectivity index (χ0n) is 17.1. The summed E-state index contributed by atoms with van der Waals surface area (Å²) in [7, 11) is 1.44. The van der Waals surface area contributed by atoms with Crippen LogP contribution in [0.1, 0.15) is 34.7 Å². The number of aromatic hydroxyl groups is 1. The van der Waals surface area contributed by atoms with Gasteiger partial charge in [0.15, 0.2) is 0 Å². The molecule has 1 aromatic carbocycles. The average Bonchev–Trinajstić information content (AvgIpc) is 3.34. The molecule has 1 amide bonds. The molecular weight excluding hydrogens is 420 g/mol. The molecule has 0 spiro atoms. The number of ether oxygens (including phenoxy) is 1. The Morgan fingerprint density at radius 3 is 2.65 bits per heavy atom. The van der Waals surface area contributed by atoms with E-state index in [0.717, 1.165) is 14.3 Å². The van der Waals surface area contributed by atoms with E-state index in [1.807, 2.05) is 19.1 Å². The number of methoxy groups -OCH3 is 1. The maximum Gasteiger partial charge on any atom is 0.335 e. The van der Waals surface area contributed by atoms with Crippen molar-refractivity contribution < 1.29 is 14.6 Å². The number of aromatic amines is 1. The third-order valence-corrected chi connectivity index (χ3v) is 6.13. The zero-order valence-corrected chi connectivity index (χ0v) is 17.9. The number of rotatable bonds is 4.